The molecule has 0 N–H and O–H groups in total. The highest BCUT2D eigenvalue weighted by atomic mass is 19.4. The first-order valence-electron chi connectivity index (χ1n) is 5.94. The molecule has 3 nitrogen and oxygen atoms in total. The normalized spacial score (nSPS) is 12.5. The number of nitriles is 1. The van der Waals surface area contributed by atoms with Crippen molar-refractivity contribution < 1.29 is 18.0 Å². The van der Waals surface area contributed by atoms with Crippen LogP contribution in [-0.2, 0) is 6.18 Å². The van der Waals surface area contributed by atoms with Crippen LogP contribution in [0.5, 0.6) is 0 Å². The molecule has 1 heterocycles. The molecule has 6 heteroatoms. The van der Waals surface area contributed by atoms with Crippen LogP contribution >= 0.6 is 0 Å². The molecular weight excluding hydrogens is 281 g/mol. The first-order valence-corrected chi connectivity index (χ1v) is 5.94. The largest absolute Gasteiger partial charge is 0.416 e. The average Bonchev–Trinajstić information content (AvgIpc) is 2.48. The Morgan fingerprint density at radius 3 is 2.43 bits per heavy atom. The highest BCUT2D eigenvalue weighted by Gasteiger charge is 2.32. The van der Waals surface area contributed by atoms with E-state index in [2.05, 4.69) is 4.98 Å². The lowest BCUT2D eigenvalue weighted by atomic mass is 9.91. The monoisotopic (exact) mass is 290 g/mol. The predicted molar refractivity (Wildman–Crippen MR) is 68.4 cm³/mol. The molecule has 0 aliphatic heterocycles. The zero-order valence-electron chi connectivity index (χ0n) is 10.6. The molecule has 0 bridgehead atoms. The zero-order valence-corrected chi connectivity index (χ0v) is 10.6. The number of carbonyl (C=O) groups is 1. The number of rotatable bonds is 3. The number of halogens is 3. The van der Waals surface area contributed by atoms with Gasteiger partial charge < -0.3 is 0 Å². The summed E-state index contributed by atoms with van der Waals surface area (Å²) in [5.74, 6) is -1.84. The Bertz CT molecular complexity index is 690. The number of nitrogens with zero attached hydrogens (tertiary/aromatic N) is 2. The van der Waals surface area contributed by atoms with Gasteiger partial charge in [-0.15, -0.1) is 0 Å². The second-order valence-corrected chi connectivity index (χ2v) is 4.29. The summed E-state index contributed by atoms with van der Waals surface area (Å²) in [5, 5.41) is 9.14. The fourth-order valence-corrected chi connectivity index (χ4v) is 1.86. The molecule has 2 rings (SSSR count). The highest BCUT2D eigenvalue weighted by Crippen LogP contribution is 2.31. The molecule has 0 saturated heterocycles. The van der Waals surface area contributed by atoms with Gasteiger partial charge in [-0.1, -0.05) is 18.2 Å². The molecule has 1 aromatic carbocycles. The maximum atomic E-state index is 12.7. The molecule has 2 aromatic rings. The lowest BCUT2D eigenvalue weighted by molar-refractivity contribution is -0.137. The molecule has 0 spiro atoms. The van der Waals surface area contributed by atoms with E-state index in [1.165, 1.54) is 36.7 Å². The van der Waals surface area contributed by atoms with Gasteiger partial charge in [-0.3, -0.25) is 9.78 Å². The third-order valence-corrected chi connectivity index (χ3v) is 2.90. The van der Waals surface area contributed by atoms with Gasteiger partial charge in [0.05, 0.1) is 11.6 Å². The summed E-state index contributed by atoms with van der Waals surface area (Å²) in [5.41, 5.74) is -0.633. The molecule has 0 saturated carbocycles. The summed E-state index contributed by atoms with van der Waals surface area (Å²) in [6.45, 7) is 0. The van der Waals surface area contributed by atoms with Crippen LogP contribution in [0.4, 0.5) is 13.2 Å². The summed E-state index contributed by atoms with van der Waals surface area (Å²) >= 11 is 0. The molecule has 0 aliphatic rings. The number of hydrogen-bond donors (Lipinski definition) is 0. The maximum Gasteiger partial charge on any atom is 0.416 e. The van der Waals surface area contributed by atoms with E-state index in [0.29, 0.717) is 0 Å². The third-order valence-electron chi connectivity index (χ3n) is 2.90. The minimum Gasteiger partial charge on any atom is -0.292 e. The SMILES string of the molecule is N#CC(C(=O)c1ccncc1)c1cccc(C(F)(F)F)c1. The highest BCUT2D eigenvalue weighted by molar-refractivity contribution is 6.02. The van der Waals surface area contributed by atoms with Crippen molar-refractivity contribution in [1.29, 1.82) is 5.26 Å². The third kappa shape index (κ3) is 3.26. The Balaban J connectivity index is 2.39. The van der Waals surface area contributed by atoms with Crippen LogP contribution in [-0.4, -0.2) is 10.8 Å². The van der Waals surface area contributed by atoms with Crippen molar-refractivity contribution in [1.82, 2.24) is 4.98 Å². The fourth-order valence-electron chi connectivity index (χ4n) is 1.86. The predicted octanol–water partition coefficient (Wildman–Crippen LogP) is 3.59. The number of aromatic nitrogens is 1. The van der Waals surface area contributed by atoms with Crippen molar-refractivity contribution in [2.24, 2.45) is 0 Å². The van der Waals surface area contributed by atoms with E-state index in [1.54, 1.807) is 6.07 Å². The van der Waals surface area contributed by atoms with Crippen molar-refractivity contribution in [3.63, 3.8) is 0 Å². The van der Waals surface area contributed by atoms with Crippen molar-refractivity contribution in [2.45, 2.75) is 12.1 Å². The number of benzene rings is 1. The summed E-state index contributed by atoms with van der Waals surface area (Å²) in [6.07, 6.45) is -1.75. The van der Waals surface area contributed by atoms with Gasteiger partial charge in [-0.2, -0.15) is 18.4 Å². The molecular formula is C15H9F3N2O. The summed E-state index contributed by atoms with van der Waals surface area (Å²) in [7, 11) is 0. The van der Waals surface area contributed by atoms with Crippen molar-refractivity contribution in [3.05, 3.63) is 65.5 Å². The number of carbonyl (C=O) groups excluding carboxylic acids is 1. The van der Waals surface area contributed by atoms with Gasteiger partial charge in [0.25, 0.3) is 0 Å². The Kier molecular flexibility index (Phi) is 4.03. The lowest BCUT2D eigenvalue weighted by Crippen LogP contribution is -2.13. The van der Waals surface area contributed by atoms with E-state index in [9.17, 15) is 18.0 Å². The standard InChI is InChI=1S/C15H9F3N2O/c16-15(17,18)12-3-1-2-11(8-12)13(9-19)14(21)10-4-6-20-7-5-10/h1-8,13H. The second kappa shape index (κ2) is 5.75. The van der Waals surface area contributed by atoms with Gasteiger partial charge in [0.1, 0.15) is 5.92 Å². The molecule has 21 heavy (non-hydrogen) atoms. The van der Waals surface area contributed by atoms with Crippen LogP contribution in [0.2, 0.25) is 0 Å². The van der Waals surface area contributed by atoms with E-state index in [0.717, 1.165) is 12.1 Å². The minimum absolute atomic E-state index is 0.0223. The van der Waals surface area contributed by atoms with Gasteiger partial charge in [0, 0.05) is 18.0 Å². The molecule has 0 radical (unpaired) electrons. The quantitative estimate of drug-likeness (QED) is 0.812. The molecule has 106 valence electrons. The van der Waals surface area contributed by atoms with Gasteiger partial charge >= 0.3 is 6.18 Å². The minimum atomic E-state index is -4.52. The number of hydrogen-bond acceptors (Lipinski definition) is 3. The fraction of sp³-hybridized carbons (Fsp3) is 0.133. The second-order valence-electron chi connectivity index (χ2n) is 4.29. The summed E-state index contributed by atoms with van der Waals surface area (Å²) in [4.78, 5) is 16.0. The van der Waals surface area contributed by atoms with Crippen LogP contribution in [0.15, 0.2) is 48.8 Å². The average molecular weight is 290 g/mol. The van der Waals surface area contributed by atoms with Gasteiger partial charge in [-0.05, 0) is 23.8 Å². The zero-order chi connectivity index (χ0) is 15.5. The number of pyridine rings is 1. The van der Waals surface area contributed by atoms with Crippen molar-refractivity contribution in [3.8, 4) is 6.07 Å². The Labute approximate surface area is 118 Å². The number of alkyl halides is 3. The van der Waals surface area contributed by atoms with Gasteiger partial charge in [0.2, 0.25) is 0 Å². The van der Waals surface area contributed by atoms with Crippen LogP contribution < -0.4 is 0 Å². The lowest BCUT2D eigenvalue weighted by Gasteiger charge is -2.12. The first kappa shape index (κ1) is 14.7. The topological polar surface area (TPSA) is 53.8 Å². The van der Waals surface area contributed by atoms with Crippen LogP contribution in [0, 0.1) is 11.3 Å². The van der Waals surface area contributed by atoms with E-state index < -0.39 is 23.4 Å². The smallest absolute Gasteiger partial charge is 0.292 e. The van der Waals surface area contributed by atoms with E-state index in [4.69, 9.17) is 5.26 Å². The molecule has 1 aromatic heterocycles. The number of Topliss-reactive ketones (excluding diaryl/α,β-unsaturated/α-hetero) is 1. The Hall–Kier alpha value is -2.68. The van der Waals surface area contributed by atoms with E-state index in [1.807, 2.05) is 0 Å². The summed E-state index contributed by atoms with van der Waals surface area (Å²) < 4.78 is 38.0. The molecule has 0 fully saturated rings. The van der Waals surface area contributed by atoms with Crippen LogP contribution in [0.25, 0.3) is 0 Å². The molecule has 0 aliphatic carbocycles. The van der Waals surface area contributed by atoms with E-state index in [-0.39, 0.29) is 11.1 Å². The van der Waals surface area contributed by atoms with Gasteiger partial charge in [0.15, 0.2) is 5.78 Å². The van der Waals surface area contributed by atoms with Gasteiger partial charge in [-0.25, -0.2) is 0 Å². The van der Waals surface area contributed by atoms with Crippen LogP contribution in [0.1, 0.15) is 27.4 Å². The number of ketones is 1. The molecule has 1 atom stereocenters. The van der Waals surface area contributed by atoms with Crippen molar-refractivity contribution >= 4 is 5.78 Å². The molecule has 0 amide bonds. The summed E-state index contributed by atoms with van der Waals surface area (Å²) in [6, 6.07) is 8.83. The first-order chi connectivity index (χ1) is 9.93. The van der Waals surface area contributed by atoms with E-state index >= 15 is 0 Å². The Morgan fingerprint density at radius 2 is 1.86 bits per heavy atom. The van der Waals surface area contributed by atoms with Crippen molar-refractivity contribution in [2.75, 3.05) is 0 Å². The van der Waals surface area contributed by atoms with Crippen LogP contribution in [0.3, 0.4) is 0 Å². The maximum absolute atomic E-state index is 12.7. The Morgan fingerprint density at radius 1 is 1.19 bits per heavy atom. The molecule has 1 unspecified atom stereocenters.